The van der Waals surface area contributed by atoms with Crippen LogP contribution in [0.4, 0.5) is 5.69 Å². The molecule has 1 aliphatic carbocycles. The number of aryl methyl sites for hydroxylation is 2. The van der Waals surface area contributed by atoms with Crippen LogP contribution in [0.25, 0.3) is 5.69 Å². The quantitative estimate of drug-likeness (QED) is 0.610. The van der Waals surface area contributed by atoms with E-state index >= 15 is 0 Å². The molecule has 0 saturated carbocycles. The fourth-order valence-corrected chi connectivity index (χ4v) is 4.61. The molecule has 0 bridgehead atoms. The molecule has 2 aliphatic rings. The van der Waals surface area contributed by atoms with E-state index in [1.54, 1.807) is 0 Å². The van der Waals surface area contributed by atoms with E-state index in [0.29, 0.717) is 23.7 Å². The van der Waals surface area contributed by atoms with Gasteiger partial charge in [-0.2, -0.15) is 5.10 Å². The van der Waals surface area contributed by atoms with Crippen molar-refractivity contribution in [2.75, 3.05) is 18.5 Å². The number of para-hydroxylation sites is 1. The Hall–Kier alpha value is -3.12. The number of benzene rings is 2. The van der Waals surface area contributed by atoms with Crippen molar-refractivity contribution in [2.24, 2.45) is 0 Å². The molecule has 166 valence electrons. The maximum Gasteiger partial charge on any atom is 0.276 e. The number of carbonyl (C=O) groups is 1. The first-order valence-electron chi connectivity index (χ1n) is 11.4. The Morgan fingerprint density at radius 2 is 2.06 bits per heavy atom. The Kier molecular flexibility index (Phi) is 5.70. The van der Waals surface area contributed by atoms with Gasteiger partial charge in [-0.15, -0.1) is 0 Å². The van der Waals surface area contributed by atoms with Gasteiger partial charge in [-0.25, -0.2) is 4.68 Å². The van der Waals surface area contributed by atoms with Crippen molar-refractivity contribution in [3.63, 3.8) is 0 Å². The lowest BCUT2D eigenvalue weighted by molar-refractivity contribution is 0.0681. The summed E-state index contributed by atoms with van der Waals surface area (Å²) in [5, 5.41) is 7.82. The number of anilines is 1. The van der Waals surface area contributed by atoms with E-state index in [2.05, 4.69) is 24.4 Å². The highest BCUT2D eigenvalue weighted by Gasteiger charge is 2.28. The van der Waals surface area contributed by atoms with Gasteiger partial charge in [0.2, 0.25) is 0 Å². The highest BCUT2D eigenvalue weighted by Crippen LogP contribution is 2.31. The van der Waals surface area contributed by atoms with Gasteiger partial charge < -0.3 is 14.8 Å². The van der Waals surface area contributed by atoms with Gasteiger partial charge in [0.05, 0.1) is 17.5 Å². The van der Waals surface area contributed by atoms with Crippen molar-refractivity contribution in [1.82, 2.24) is 9.78 Å². The Morgan fingerprint density at radius 1 is 1.19 bits per heavy atom. The average Bonchev–Trinajstić information content (AvgIpc) is 3.53. The van der Waals surface area contributed by atoms with Gasteiger partial charge >= 0.3 is 0 Å². The van der Waals surface area contributed by atoms with Crippen LogP contribution in [-0.2, 0) is 17.6 Å². The van der Waals surface area contributed by atoms with E-state index in [4.69, 9.17) is 14.6 Å². The molecule has 1 saturated heterocycles. The molecule has 2 aromatic carbocycles. The summed E-state index contributed by atoms with van der Waals surface area (Å²) in [5.41, 5.74) is 6.61. The predicted molar refractivity (Wildman–Crippen MR) is 124 cm³/mol. The summed E-state index contributed by atoms with van der Waals surface area (Å²) in [4.78, 5) is 13.3. The molecule has 3 aromatic rings. The molecule has 6 heteroatoms. The zero-order valence-electron chi connectivity index (χ0n) is 18.7. The molecule has 1 aromatic heterocycles. The zero-order valence-corrected chi connectivity index (χ0v) is 18.7. The summed E-state index contributed by atoms with van der Waals surface area (Å²) in [6.07, 6.45) is 5.05. The van der Waals surface area contributed by atoms with Crippen molar-refractivity contribution < 1.29 is 14.3 Å². The highest BCUT2D eigenvalue weighted by molar-refractivity contribution is 6.05. The number of hydrogen-bond donors (Lipinski definition) is 1. The number of hydrogen-bond acceptors (Lipinski definition) is 4. The third-order valence-electron chi connectivity index (χ3n) is 6.32. The third-order valence-corrected chi connectivity index (χ3v) is 6.32. The smallest absolute Gasteiger partial charge is 0.276 e. The SMILES string of the molecule is Cc1ccc(NC(=O)c2nn(-c3ccccc3C)c3c2CCC3)c(OCC2CCCO2)c1. The van der Waals surface area contributed by atoms with E-state index in [9.17, 15) is 4.79 Å². The summed E-state index contributed by atoms with van der Waals surface area (Å²) in [5.74, 6) is 0.477. The maximum atomic E-state index is 13.3. The predicted octanol–water partition coefficient (Wildman–Crippen LogP) is 4.79. The first-order valence-corrected chi connectivity index (χ1v) is 11.4. The minimum atomic E-state index is -0.193. The number of aromatic nitrogens is 2. The summed E-state index contributed by atoms with van der Waals surface area (Å²) < 4.78 is 13.7. The molecular formula is C26H29N3O3. The van der Waals surface area contributed by atoms with Gasteiger partial charge in [0, 0.05) is 17.9 Å². The molecule has 0 radical (unpaired) electrons. The van der Waals surface area contributed by atoms with Crippen molar-refractivity contribution in [1.29, 1.82) is 0 Å². The second-order valence-corrected chi connectivity index (χ2v) is 8.73. The molecule has 0 spiro atoms. The molecule has 1 amide bonds. The molecule has 5 rings (SSSR count). The normalized spacial score (nSPS) is 17.4. The van der Waals surface area contributed by atoms with E-state index in [1.165, 1.54) is 0 Å². The van der Waals surface area contributed by atoms with Crippen molar-refractivity contribution in [3.8, 4) is 11.4 Å². The van der Waals surface area contributed by atoms with Crippen LogP contribution in [0.15, 0.2) is 42.5 Å². The summed E-state index contributed by atoms with van der Waals surface area (Å²) >= 11 is 0. The fourth-order valence-electron chi connectivity index (χ4n) is 4.61. The van der Waals surface area contributed by atoms with Crippen LogP contribution in [0, 0.1) is 13.8 Å². The molecule has 2 heterocycles. The number of amides is 1. The Morgan fingerprint density at radius 3 is 2.88 bits per heavy atom. The summed E-state index contributed by atoms with van der Waals surface area (Å²) in [6.45, 7) is 5.37. The van der Waals surface area contributed by atoms with E-state index in [-0.39, 0.29) is 12.0 Å². The first kappa shape index (κ1) is 20.8. The monoisotopic (exact) mass is 431 g/mol. The number of carbonyl (C=O) groups excluding carboxylic acids is 1. The van der Waals surface area contributed by atoms with Crippen LogP contribution in [0.5, 0.6) is 5.75 Å². The standard InChI is InChI=1S/C26H29N3O3/c1-17-12-13-21(24(15-17)32-16-19-8-6-14-31-19)27-26(30)25-20-9-5-11-23(20)29(28-25)22-10-4-3-7-18(22)2/h3-4,7,10,12-13,15,19H,5-6,8-9,11,14,16H2,1-2H3,(H,27,30). The molecule has 1 unspecified atom stereocenters. The van der Waals surface area contributed by atoms with Gasteiger partial charge in [0.15, 0.2) is 5.69 Å². The van der Waals surface area contributed by atoms with Gasteiger partial charge in [-0.3, -0.25) is 4.79 Å². The highest BCUT2D eigenvalue weighted by atomic mass is 16.5. The topological polar surface area (TPSA) is 65.4 Å². The molecule has 1 fully saturated rings. The summed E-state index contributed by atoms with van der Waals surface area (Å²) in [7, 11) is 0. The van der Waals surface area contributed by atoms with Crippen LogP contribution in [-0.4, -0.2) is 35.0 Å². The summed E-state index contributed by atoms with van der Waals surface area (Å²) in [6, 6.07) is 14.0. The van der Waals surface area contributed by atoms with Crippen LogP contribution in [0.3, 0.4) is 0 Å². The number of nitrogens with one attached hydrogen (secondary N) is 1. The molecule has 1 atom stereocenters. The Bertz CT molecular complexity index is 1150. The minimum absolute atomic E-state index is 0.118. The lowest BCUT2D eigenvalue weighted by atomic mass is 10.1. The van der Waals surface area contributed by atoms with Crippen LogP contribution in [0.1, 0.15) is 52.1 Å². The number of nitrogens with zero attached hydrogens (tertiary/aromatic N) is 2. The third kappa shape index (κ3) is 4.02. The molecule has 1 N–H and O–H groups in total. The molecule has 1 aliphatic heterocycles. The van der Waals surface area contributed by atoms with Gasteiger partial charge in [0.25, 0.3) is 5.91 Å². The molecule has 6 nitrogen and oxygen atoms in total. The lowest BCUT2D eigenvalue weighted by Gasteiger charge is -2.16. The van der Waals surface area contributed by atoms with Crippen molar-refractivity contribution >= 4 is 11.6 Å². The van der Waals surface area contributed by atoms with E-state index < -0.39 is 0 Å². The second-order valence-electron chi connectivity index (χ2n) is 8.73. The van der Waals surface area contributed by atoms with Crippen LogP contribution in [0.2, 0.25) is 0 Å². The number of ether oxygens (including phenoxy) is 2. The minimum Gasteiger partial charge on any atom is -0.489 e. The van der Waals surface area contributed by atoms with Gasteiger partial charge in [-0.1, -0.05) is 24.3 Å². The van der Waals surface area contributed by atoms with Crippen LogP contribution >= 0.6 is 0 Å². The fraction of sp³-hybridized carbons (Fsp3) is 0.385. The second kappa shape index (κ2) is 8.79. The van der Waals surface area contributed by atoms with Gasteiger partial charge in [-0.05, 0) is 75.3 Å². The van der Waals surface area contributed by atoms with Crippen LogP contribution < -0.4 is 10.1 Å². The van der Waals surface area contributed by atoms with Crippen molar-refractivity contribution in [3.05, 3.63) is 70.5 Å². The lowest BCUT2D eigenvalue weighted by Crippen LogP contribution is -2.19. The largest absolute Gasteiger partial charge is 0.489 e. The average molecular weight is 432 g/mol. The molecule has 32 heavy (non-hydrogen) atoms. The maximum absolute atomic E-state index is 13.3. The van der Waals surface area contributed by atoms with E-state index in [1.807, 2.05) is 41.9 Å². The van der Waals surface area contributed by atoms with Crippen molar-refractivity contribution in [2.45, 2.75) is 52.1 Å². The Labute approximate surface area is 188 Å². The van der Waals surface area contributed by atoms with E-state index in [0.717, 1.165) is 66.8 Å². The number of rotatable bonds is 6. The van der Waals surface area contributed by atoms with Gasteiger partial charge in [0.1, 0.15) is 12.4 Å². The number of fused-ring (bicyclic) bond motifs is 1. The molecular weight excluding hydrogens is 402 g/mol. The first-order chi connectivity index (χ1) is 15.6. The zero-order chi connectivity index (χ0) is 22.1. The Balaban J connectivity index is 1.41.